The Morgan fingerprint density at radius 2 is 2.18 bits per heavy atom. The molecule has 0 saturated heterocycles. The molecule has 0 fully saturated rings. The molecule has 0 aliphatic carbocycles. The molecule has 0 aliphatic heterocycles. The molecule has 17 heavy (non-hydrogen) atoms. The van der Waals surface area contributed by atoms with Crippen LogP contribution in [-0.4, -0.2) is 43.1 Å². The average Bonchev–Trinajstić information content (AvgIpc) is 2.72. The standard InChI is InChI=1S/C8H17N5O2S2/c1-3-7-10-11-8(16-7)12-17(14,15)13(2)6-4-5-9/h3-6,9H2,1-2H3,(H,11,12). The highest BCUT2D eigenvalue weighted by molar-refractivity contribution is 7.90. The predicted molar refractivity (Wildman–Crippen MR) is 68.1 cm³/mol. The number of rotatable bonds is 7. The molecule has 98 valence electrons. The highest BCUT2D eigenvalue weighted by atomic mass is 32.2. The third-order valence-electron chi connectivity index (χ3n) is 2.07. The fraction of sp³-hybridized carbons (Fsp3) is 0.750. The van der Waals surface area contributed by atoms with Crippen LogP contribution in [0.25, 0.3) is 0 Å². The number of hydrogen-bond acceptors (Lipinski definition) is 6. The maximum absolute atomic E-state index is 11.8. The van der Waals surface area contributed by atoms with E-state index in [9.17, 15) is 8.42 Å². The minimum Gasteiger partial charge on any atom is -0.330 e. The van der Waals surface area contributed by atoms with Gasteiger partial charge in [0.05, 0.1) is 0 Å². The van der Waals surface area contributed by atoms with Crippen LogP contribution < -0.4 is 10.5 Å². The largest absolute Gasteiger partial charge is 0.330 e. The molecule has 7 nitrogen and oxygen atoms in total. The molecule has 0 bridgehead atoms. The summed E-state index contributed by atoms with van der Waals surface area (Å²) in [6.45, 7) is 2.77. The molecule has 1 rings (SSSR count). The van der Waals surface area contributed by atoms with Crippen LogP contribution in [0.15, 0.2) is 0 Å². The van der Waals surface area contributed by atoms with Crippen molar-refractivity contribution >= 4 is 26.7 Å². The number of aromatic nitrogens is 2. The van der Waals surface area contributed by atoms with Crippen molar-refractivity contribution in [2.75, 3.05) is 24.9 Å². The molecular weight excluding hydrogens is 262 g/mol. The summed E-state index contributed by atoms with van der Waals surface area (Å²) in [5.74, 6) is 0. The van der Waals surface area contributed by atoms with Gasteiger partial charge in [-0.15, -0.1) is 10.2 Å². The van der Waals surface area contributed by atoms with Gasteiger partial charge in [0.25, 0.3) is 0 Å². The van der Waals surface area contributed by atoms with Gasteiger partial charge in [-0.25, -0.2) is 4.72 Å². The van der Waals surface area contributed by atoms with Crippen molar-refractivity contribution in [3.05, 3.63) is 5.01 Å². The third kappa shape index (κ3) is 4.19. The van der Waals surface area contributed by atoms with Gasteiger partial charge in [0.15, 0.2) is 0 Å². The van der Waals surface area contributed by atoms with E-state index in [-0.39, 0.29) is 0 Å². The molecular formula is C8H17N5O2S2. The summed E-state index contributed by atoms with van der Waals surface area (Å²) >= 11 is 1.24. The zero-order chi connectivity index (χ0) is 12.9. The number of nitrogens with zero attached hydrogens (tertiary/aromatic N) is 3. The predicted octanol–water partition coefficient (Wildman–Crippen LogP) is 0.0378. The highest BCUT2D eigenvalue weighted by Crippen LogP contribution is 2.17. The lowest BCUT2D eigenvalue weighted by molar-refractivity contribution is 0.468. The molecule has 0 aromatic carbocycles. The summed E-state index contributed by atoms with van der Waals surface area (Å²) in [7, 11) is -2.05. The monoisotopic (exact) mass is 279 g/mol. The minimum atomic E-state index is -3.54. The van der Waals surface area contributed by atoms with Crippen molar-refractivity contribution < 1.29 is 8.42 Å². The first-order valence-electron chi connectivity index (χ1n) is 5.26. The molecule has 1 aromatic heterocycles. The van der Waals surface area contributed by atoms with E-state index in [1.165, 1.54) is 22.7 Å². The van der Waals surface area contributed by atoms with Crippen LogP contribution in [0.1, 0.15) is 18.4 Å². The molecule has 1 heterocycles. The van der Waals surface area contributed by atoms with Crippen molar-refractivity contribution in [2.24, 2.45) is 5.73 Å². The molecule has 3 N–H and O–H groups in total. The Labute approximate surface area is 105 Å². The van der Waals surface area contributed by atoms with E-state index < -0.39 is 10.2 Å². The zero-order valence-corrected chi connectivity index (χ0v) is 11.5. The number of hydrogen-bond donors (Lipinski definition) is 2. The number of nitrogens with two attached hydrogens (primary N) is 1. The molecule has 0 saturated carbocycles. The number of anilines is 1. The van der Waals surface area contributed by atoms with Crippen LogP contribution in [0.4, 0.5) is 5.13 Å². The van der Waals surface area contributed by atoms with E-state index in [4.69, 9.17) is 5.73 Å². The molecule has 0 amide bonds. The quantitative estimate of drug-likeness (QED) is 0.733. The van der Waals surface area contributed by atoms with Crippen molar-refractivity contribution in [1.82, 2.24) is 14.5 Å². The van der Waals surface area contributed by atoms with Gasteiger partial charge in [-0.05, 0) is 19.4 Å². The first kappa shape index (κ1) is 14.3. The van der Waals surface area contributed by atoms with Gasteiger partial charge in [-0.3, -0.25) is 0 Å². The summed E-state index contributed by atoms with van der Waals surface area (Å²) in [5.41, 5.74) is 5.33. The fourth-order valence-corrected chi connectivity index (χ4v) is 2.86. The molecule has 9 heteroatoms. The van der Waals surface area contributed by atoms with Crippen LogP contribution in [0.5, 0.6) is 0 Å². The summed E-state index contributed by atoms with van der Waals surface area (Å²) in [6.07, 6.45) is 1.36. The van der Waals surface area contributed by atoms with Gasteiger partial charge >= 0.3 is 10.2 Å². The van der Waals surface area contributed by atoms with Crippen LogP contribution in [-0.2, 0) is 16.6 Å². The zero-order valence-electron chi connectivity index (χ0n) is 9.88. The van der Waals surface area contributed by atoms with E-state index in [0.717, 1.165) is 11.4 Å². The first-order valence-corrected chi connectivity index (χ1v) is 7.51. The van der Waals surface area contributed by atoms with Crippen LogP contribution in [0, 0.1) is 0 Å². The third-order valence-corrected chi connectivity index (χ3v) is 4.64. The average molecular weight is 279 g/mol. The Balaban J connectivity index is 2.65. The molecule has 1 aromatic rings. The normalized spacial score (nSPS) is 12.0. The van der Waals surface area contributed by atoms with Crippen molar-refractivity contribution in [2.45, 2.75) is 19.8 Å². The van der Waals surface area contributed by atoms with E-state index in [0.29, 0.717) is 24.6 Å². The molecule has 0 spiro atoms. The summed E-state index contributed by atoms with van der Waals surface area (Å²) in [5, 5.41) is 8.70. The van der Waals surface area contributed by atoms with Gasteiger partial charge in [-0.1, -0.05) is 18.3 Å². The molecule has 0 aliphatic rings. The highest BCUT2D eigenvalue weighted by Gasteiger charge is 2.18. The van der Waals surface area contributed by atoms with Crippen LogP contribution in [0.3, 0.4) is 0 Å². The SMILES string of the molecule is CCc1nnc(NS(=O)(=O)N(C)CCCN)s1. The van der Waals surface area contributed by atoms with Gasteiger partial charge in [0.1, 0.15) is 5.01 Å². The van der Waals surface area contributed by atoms with E-state index in [1.54, 1.807) is 0 Å². The van der Waals surface area contributed by atoms with Gasteiger partial charge in [0.2, 0.25) is 5.13 Å². The Morgan fingerprint density at radius 1 is 1.47 bits per heavy atom. The second-order valence-electron chi connectivity index (χ2n) is 3.43. The Hall–Kier alpha value is -0.770. The Bertz CT molecular complexity index is 445. The van der Waals surface area contributed by atoms with Crippen molar-refractivity contribution in [1.29, 1.82) is 0 Å². The lowest BCUT2D eigenvalue weighted by Crippen LogP contribution is -2.34. The topological polar surface area (TPSA) is 101 Å². The fourth-order valence-electron chi connectivity index (χ4n) is 1.06. The second-order valence-corrected chi connectivity index (χ2v) is 6.27. The van der Waals surface area contributed by atoms with Crippen LogP contribution >= 0.6 is 11.3 Å². The van der Waals surface area contributed by atoms with Crippen molar-refractivity contribution in [3.8, 4) is 0 Å². The molecule has 0 unspecified atom stereocenters. The number of nitrogens with one attached hydrogen (secondary N) is 1. The van der Waals surface area contributed by atoms with Gasteiger partial charge in [-0.2, -0.15) is 12.7 Å². The Kier molecular flexibility index (Phi) is 5.25. The summed E-state index contributed by atoms with van der Waals surface area (Å²) in [4.78, 5) is 0. The Morgan fingerprint density at radius 3 is 2.71 bits per heavy atom. The summed E-state index contributed by atoms with van der Waals surface area (Å²) in [6, 6.07) is 0. The van der Waals surface area contributed by atoms with Gasteiger partial charge < -0.3 is 5.73 Å². The lowest BCUT2D eigenvalue weighted by Gasteiger charge is -2.16. The molecule has 0 atom stereocenters. The van der Waals surface area contributed by atoms with E-state index in [1.807, 2.05) is 6.92 Å². The van der Waals surface area contributed by atoms with E-state index in [2.05, 4.69) is 14.9 Å². The number of aryl methyl sites for hydroxylation is 1. The lowest BCUT2D eigenvalue weighted by atomic mass is 10.4. The maximum Gasteiger partial charge on any atom is 0.303 e. The molecule has 0 radical (unpaired) electrons. The van der Waals surface area contributed by atoms with Crippen molar-refractivity contribution in [3.63, 3.8) is 0 Å². The summed E-state index contributed by atoms with van der Waals surface area (Å²) < 4.78 is 27.2. The minimum absolute atomic E-state index is 0.293. The maximum atomic E-state index is 11.8. The van der Waals surface area contributed by atoms with Crippen LogP contribution in [0.2, 0.25) is 0 Å². The second kappa shape index (κ2) is 6.24. The van der Waals surface area contributed by atoms with Gasteiger partial charge in [0, 0.05) is 13.6 Å². The van der Waals surface area contributed by atoms with E-state index >= 15 is 0 Å². The first-order chi connectivity index (χ1) is 7.99. The smallest absolute Gasteiger partial charge is 0.303 e.